The maximum atomic E-state index is 11.6. The molecule has 2 fully saturated rings. The van der Waals surface area contributed by atoms with E-state index < -0.39 is 11.9 Å². The molecule has 0 aromatic rings. The highest BCUT2D eigenvalue weighted by Gasteiger charge is 2.37. The summed E-state index contributed by atoms with van der Waals surface area (Å²) in [5.41, 5.74) is 0. The Bertz CT molecular complexity index is 364. The summed E-state index contributed by atoms with van der Waals surface area (Å²) >= 11 is 0. The normalized spacial score (nSPS) is 31.4. The van der Waals surface area contributed by atoms with E-state index in [9.17, 15) is 9.90 Å². The summed E-state index contributed by atoms with van der Waals surface area (Å²) in [5.74, 6) is -0.509. The Morgan fingerprint density at radius 3 is 2.65 bits per heavy atom. The number of hydrogen-bond acceptors (Lipinski definition) is 5. The number of unbranched alkanes of at least 4 members (excludes halogenated alkanes) is 2. The molecule has 5 heteroatoms. The smallest absolute Gasteiger partial charge is 0.306 e. The van der Waals surface area contributed by atoms with Gasteiger partial charge in [-0.05, 0) is 32.1 Å². The van der Waals surface area contributed by atoms with E-state index in [2.05, 4.69) is 6.92 Å². The zero-order chi connectivity index (χ0) is 16.7. The number of rotatable bonds is 7. The first-order chi connectivity index (χ1) is 11.0. The molecule has 2 heterocycles. The van der Waals surface area contributed by atoms with Gasteiger partial charge in [0.15, 0.2) is 5.79 Å². The van der Waals surface area contributed by atoms with Crippen molar-refractivity contribution >= 4 is 5.97 Å². The predicted octanol–water partition coefficient (Wildman–Crippen LogP) is 3.18. The van der Waals surface area contributed by atoms with Gasteiger partial charge in [0, 0.05) is 25.7 Å². The van der Waals surface area contributed by atoms with Gasteiger partial charge in [0.2, 0.25) is 0 Å². The van der Waals surface area contributed by atoms with Crippen LogP contribution in [0.1, 0.15) is 71.6 Å². The zero-order valence-electron chi connectivity index (χ0n) is 14.6. The monoisotopic (exact) mass is 328 g/mol. The highest BCUT2D eigenvalue weighted by Crippen LogP contribution is 2.35. The third-order valence-electron chi connectivity index (χ3n) is 5.04. The Hall–Kier alpha value is -0.650. The minimum absolute atomic E-state index is 0.112. The average Bonchev–Trinajstić information content (AvgIpc) is 2.95. The molecule has 0 spiro atoms. The zero-order valence-corrected chi connectivity index (χ0v) is 14.6. The molecule has 0 amide bonds. The molecule has 0 aromatic carbocycles. The lowest BCUT2D eigenvalue weighted by atomic mass is 9.86. The number of carbonyl (C=O) groups is 1. The lowest BCUT2D eigenvalue weighted by molar-refractivity contribution is -0.172. The van der Waals surface area contributed by atoms with E-state index in [1.54, 1.807) is 0 Å². The van der Waals surface area contributed by atoms with Crippen molar-refractivity contribution in [3.63, 3.8) is 0 Å². The van der Waals surface area contributed by atoms with Crippen LogP contribution >= 0.6 is 0 Å². The van der Waals surface area contributed by atoms with Gasteiger partial charge in [0.05, 0.1) is 19.3 Å². The van der Waals surface area contributed by atoms with Crippen LogP contribution in [-0.2, 0) is 19.0 Å². The van der Waals surface area contributed by atoms with Crippen LogP contribution in [0.3, 0.4) is 0 Å². The largest absolute Gasteiger partial charge is 0.463 e. The van der Waals surface area contributed by atoms with Crippen LogP contribution in [-0.4, -0.2) is 42.3 Å². The fraction of sp³-hybridized carbons (Fsp3) is 0.944. The first-order valence-electron chi connectivity index (χ1n) is 9.20. The second-order valence-corrected chi connectivity index (χ2v) is 7.01. The van der Waals surface area contributed by atoms with Crippen molar-refractivity contribution in [2.24, 2.45) is 5.92 Å². The molecule has 0 radical (unpaired) electrons. The Balaban J connectivity index is 1.88. The van der Waals surface area contributed by atoms with Gasteiger partial charge in [-0.15, -0.1) is 0 Å². The van der Waals surface area contributed by atoms with Gasteiger partial charge in [-0.25, -0.2) is 0 Å². The molecule has 2 aliphatic rings. The number of aliphatic hydroxyl groups is 1. The molecule has 1 N–H and O–H groups in total. The second kappa shape index (κ2) is 9.00. The fourth-order valence-electron chi connectivity index (χ4n) is 3.66. The minimum Gasteiger partial charge on any atom is -0.463 e. The molecule has 2 rings (SSSR count). The summed E-state index contributed by atoms with van der Waals surface area (Å²) in [6, 6.07) is 0. The van der Waals surface area contributed by atoms with E-state index in [0.29, 0.717) is 32.5 Å². The number of carbonyl (C=O) groups excluding carboxylic acids is 1. The summed E-state index contributed by atoms with van der Waals surface area (Å²) in [7, 11) is 0. The van der Waals surface area contributed by atoms with E-state index in [1.807, 2.05) is 6.92 Å². The summed E-state index contributed by atoms with van der Waals surface area (Å²) in [4.78, 5) is 11.6. The Morgan fingerprint density at radius 2 is 1.96 bits per heavy atom. The molecular formula is C18H32O5. The summed E-state index contributed by atoms with van der Waals surface area (Å²) in [6.45, 7) is 5.35. The maximum Gasteiger partial charge on any atom is 0.306 e. The average molecular weight is 328 g/mol. The van der Waals surface area contributed by atoms with E-state index in [1.165, 1.54) is 12.8 Å². The topological polar surface area (TPSA) is 65.0 Å². The third kappa shape index (κ3) is 5.73. The minimum atomic E-state index is -0.469. The van der Waals surface area contributed by atoms with Gasteiger partial charge >= 0.3 is 5.97 Å². The van der Waals surface area contributed by atoms with Crippen LogP contribution in [0.25, 0.3) is 0 Å². The first kappa shape index (κ1) is 18.7. The van der Waals surface area contributed by atoms with Gasteiger partial charge in [-0.3, -0.25) is 4.79 Å². The molecule has 0 aromatic heterocycles. The van der Waals surface area contributed by atoms with Crippen LogP contribution in [0.15, 0.2) is 0 Å². The van der Waals surface area contributed by atoms with Crippen LogP contribution in [0, 0.1) is 5.92 Å². The van der Waals surface area contributed by atoms with E-state index >= 15 is 0 Å². The molecular weight excluding hydrogens is 296 g/mol. The second-order valence-electron chi connectivity index (χ2n) is 7.01. The van der Waals surface area contributed by atoms with Gasteiger partial charge in [0.1, 0.15) is 6.10 Å². The summed E-state index contributed by atoms with van der Waals surface area (Å²) < 4.78 is 17.1. The maximum absolute atomic E-state index is 11.6. The Kier molecular flexibility index (Phi) is 7.31. The lowest BCUT2D eigenvalue weighted by Gasteiger charge is -2.32. The Labute approximate surface area is 139 Å². The molecule has 2 aliphatic heterocycles. The molecule has 0 aliphatic carbocycles. The molecule has 5 nitrogen and oxygen atoms in total. The van der Waals surface area contributed by atoms with Crippen molar-refractivity contribution < 1.29 is 24.1 Å². The van der Waals surface area contributed by atoms with E-state index in [0.717, 1.165) is 25.7 Å². The number of hydrogen-bond donors (Lipinski definition) is 1. The van der Waals surface area contributed by atoms with E-state index in [-0.39, 0.29) is 18.0 Å². The van der Waals surface area contributed by atoms with E-state index in [4.69, 9.17) is 14.2 Å². The van der Waals surface area contributed by atoms with Gasteiger partial charge < -0.3 is 19.3 Å². The SMILES string of the molecule is CCCCCC1(CC[C@@H]2CCC(=O)O[C@H](C)C[C@@H]2O)OCCO1. The number of cyclic esters (lactones) is 1. The predicted molar refractivity (Wildman–Crippen MR) is 86.9 cm³/mol. The molecule has 0 unspecified atom stereocenters. The Morgan fingerprint density at radius 1 is 1.22 bits per heavy atom. The van der Waals surface area contributed by atoms with Crippen LogP contribution in [0.2, 0.25) is 0 Å². The first-order valence-corrected chi connectivity index (χ1v) is 9.20. The highest BCUT2D eigenvalue weighted by molar-refractivity contribution is 5.69. The molecule has 23 heavy (non-hydrogen) atoms. The molecule has 2 saturated heterocycles. The van der Waals surface area contributed by atoms with Crippen molar-refractivity contribution in [2.75, 3.05) is 13.2 Å². The van der Waals surface area contributed by atoms with Crippen molar-refractivity contribution in [2.45, 2.75) is 89.6 Å². The van der Waals surface area contributed by atoms with Gasteiger partial charge in [-0.1, -0.05) is 19.8 Å². The summed E-state index contributed by atoms with van der Waals surface area (Å²) in [5, 5.41) is 10.4. The quantitative estimate of drug-likeness (QED) is 0.574. The number of aliphatic hydroxyl groups excluding tert-OH is 1. The molecule has 0 saturated carbocycles. The standard InChI is InChI=1S/C18H32O5/c1-3-4-5-9-18(21-11-12-22-18)10-8-15-6-7-17(20)23-14(2)13-16(15)19/h14-16,19H,3-13H2,1-2H3/t14-,15+,16+/m1/s1. The van der Waals surface area contributed by atoms with Crippen molar-refractivity contribution in [1.29, 1.82) is 0 Å². The van der Waals surface area contributed by atoms with Crippen molar-refractivity contribution in [1.82, 2.24) is 0 Å². The molecule has 3 atom stereocenters. The summed E-state index contributed by atoms with van der Waals surface area (Å²) in [6.07, 6.45) is 6.95. The molecule has 0 bridgehead atoms. The van der Waals surface area contributed by atoms with Crippen LogP contribution in [0.4, 0.5) is 0 Å². The van der Waals surface area contributed by atoms with Crippen molar-refractivity contribution in [3.8, 4) is 0 Å². The fourth-order valence-corrected chi connectivity index (χ4v) is 3.66. The number of ether oxygens (including phenoxy) is 3. The van der Waals surface area contributed by atoms with Crippen molar-refractivity contribution in [3.05, 3.63) is 0 Å². The van der Waals surface area contributed by atoms with Gasteiger partial charge in [-0.2, -0.15) is 0 Å². The van der Waals surface area contributed by atoms with Gasteiger partial charge in [0.25, 0.3) is 0 Å². The number of esters is 1. The molecule has 134 valence electrons. The third-order valence-corrected chi connectivity index (χ3v) is 5.04. The highest BCUT2D eigenvalue weighted by atomic mass is 16.7. The lowest BCUT2D eigenvalue weighted by Crippen LogP contribution is -2.35. The van der Waals surface area contributed by atoms with Crippen LogP contribution < -0.4 is 0 Å². The van der Waals surface area contributed by atoms with Crippen LogP contribution in [0.5, 0.6) is 0 Å².